The average Bonchev–Trinajstić information content (AvgIpc) is 2.41. The first-order chi connectivity index (χ1) is 7.51. The Morgan fingerprint density at radius 3 is 2.81 bits per heavy atom. The van der Waals surface area contributed by atoms with Gasteiger partial charge in [0.25, 0.3) is 0 Å². The largest absolute Gasteiger partial charge is 0.301 e. The Labute approximate surface area is 103 Å². The Balaban J connectivity index is 2.29. The van der Waals surface area contributed by atoms with Crippen LogP contribution in [0.3, 0.4) is 0 Å². The summed E-state index contributed by atoms with van der Waals surface area (Å²) in [4.78, 5) is 2.37. The molecular formula is C10H22N2O2S2. The van der Waals surface area contributed by atoms with Crippen LogP contribution in [0, 0.1) is 0 Å². The molecule has 0 radical (unpaired) electrons. The predicted molar refractivity (Wildman–Crippen MR) is 70.4 cm³/mol. The van der Waals surface area contributed by atoms with E-state index in [1.54, 1.807) is 0 Å². The molecule has 0 aromatic heterocycles. The van der Waals surface area contributed by atoms with Gasteiger partial charge in [-0.15, -0.1) is 0 Å². The summed E-state index contributed by atoms with van der Waals surface area (Å²) in [5.74, 6) is 0. The van der Waals surface area contributed by atoms with E-state index in [2.05, 4.69) is 15.9 Å². The van der Waals surface area contributed by atoms with Crippen molar-refractivity contribution >= 4 is 21.8 Å². The lowest BCUT2D eigenvalue weighted by atomic mass is 10.2. The molecule has 0 saturated carbocycles. The number of nitrogens with zero attached hydrogens (tertiary/aromatic N) is 1. The Hall–Kier alpha value is 0.220. The number of nitrogens with one attached hydrogen (secondary N) is 1. The molecule has 0 spiro atoms. The summed E-state index contributed by atoms with van der Waals surface area (Å²) in [5, 5.41) is 0.709. The van der Waals surface area contributed by atoms with Crippen LogP contribution in [0.2, 0.25) is 0 Å². The van der Waals surface area contributed by atoms with Gasteiger partial charge in [0.05, 0.1) is 6.26 Å². The summed E-state index contributed by atoms with van der Waals surface area (Å²) in [7, 11) is -3.04. The van der Waals surface area contributed by atoms with E-state index >= 15 is 0 Å². The van der Waals surface area contributed by atoms with Crippen molar-refractivity contribution in [2.45, 2.75) is 24.5 Å². The first-order valence-corrected chi connectivity index (χ1v) is 8.89. The zero-order valence-electron chi connectivity index (χ0n) is 10.1. The molecule has 0 amide bonds. The van der Waals surface area contributed by atoms with Gasteiger partial charge in [0.2, 0.25) is 10.0 Å². The molecule has 0 aromatic rings. The maximum Gasteiger partial charge on any atom is 0.208 e. The molecule has 16 heavy (non-hydrogen) atoms. The fourth-order valence-corrected chi connectivity index (χ4v) is 3.19. The summed E-state index contributed by atoms with van der Waals surface area (Å²) < 4.78 is 24.4. The van der Waals surface area contributed by atoms with Crippen molar-refractivity contribution in [2.24, 2.45) is 0 Å². The maximum absolute atomic E-state index is 10.9. The van der Waals surface area contributed by atoms with Crippen LogP contribution < -0.4 is 4.72 Å². The van der Waals surface area contributed by atoms with Gasteiger partial charge < -0.3 is 4.90 Å². The van der Waals surface area contributed by atoms with Crippen molar-refractivity contribution in [3.63, 3.8) is 0 Å². The van der Waals surface area contributed by atoms with Crippen LogP contribution in [-0.2, 0) is 10.0 Å². The lowest BCUT2D eigenvalue weighted by Crippen LogP contribution is -2.37. The first-order valence-electron chi connectivity index (χ1n) is 5.71. The molecule has 96 valence electrons. The first kappa shape index (κ1) is 14.3. The Morgan fingerprint density at radius 2 is 2.19 bits per heavy atom. The number of hydrogen-bond donors (Lipinski definition) is 1. The minimum atomic E-state index is -3.04. The van der Waals surface area contributed by atoms with E-state index in [1.165, 1.54) is 25.5 Å². The van der Waals surface area contributed by atoms with Crippen LogP contribution in [0.1, 0.15) is 19.3 Å². The smallest absolute Gasteiger partial charge is 0.208 e. The number of hydrogen-bond acceptors (Lipinski definition) is 4. The van der Waals surface area contributed by atoms with E-state index in [9.17, 15) is 8.42 Å². The van der Waals surface area contributed by atoms with E-state index in [0.29, 0.717) is 11.8 Å². The monoisotopic (exact) mass is 266 g/mol. The van der Waals surface area contributed by atoms with Crippen LogP contribution in [-0.4, -0.2) is 57.3 Å². The van der Waals surface area contributed by atoms with E-state index in [0.717, 1.165) is 19.6 Å². The molecule has 1 aliphatic rings. The standard InChI is InChI=1S/C10H22N2O2S2/c1-15-10-5-3-4-7-12(9-10)8-6-11-16(2,13)14/h10-11H,3-9H2,1-2H3/t10-/m1/s1. The van der Waals surface area contributed by atoms with Gasteiger partial charge >= 0.3 is 0 Å². The van der Waals surface area contributed by atoms with Gasteiger partial charge in [-0.1, -0.05) is 6.42 Å². The normalized spacial score (nSPS) is 24.2. The lowest BCUT2D eigenvalue weighted by molar-refractivity contribution is 0.293. The SMILES string of the molecule is CS[C@@H]1CCCCN(CCNS(C)(=O)=O)C1. The number of rotatable bonds is 5. The molecule has 6 heteroatoms. The second-order valence-corrected chi connectivity index (χ2v) is 7.29. The molecule has 1 atom stereocenters. The summed E-state index contributed by atoms with van der Waals surface area (Å²) in [6.45, 7) is 3.54. The topological polar surface area (TPSA) is 49.4 Å². The third kappa shape index (κ3) is 6.08. The quantitative estimate of drug-likeness (QED) is 0.798. The van der Waals surface area contributed by atoms with Gasteiger partial charge in [-0.25, -0.2) is 13.1 Å². The van der Waals surface area contributed by atoms with Crippen molar-refractivity contribution in [2.75, 3.05) is 38.7 Å². The molecule has 1 rings (SSSR count). The Morgan fingerprint density at radius 1 is 1.44 bits per heavy atom. The van der Waals surface area contributed by atoms with Crippen molar-refractivity contribution in [3.05, 3.63) is 0 Å². The molecule has 0 unspecified atom stereocenters. The highest BCUT2D eigenvalue weighted by Crippen LogP contribution is 2.19. The van der Waals surface area contributed by atoms with Gasteiger partial charge in [0, 0.05) is 24.9 Å². The lowest BCUT2D eigenvalue weighted by Gasteiger charge is -2.23. The van der Waals surface area contributed by atoms with E-state index < -0.39 is 10.0 Å². The van der Waals surface area contributed by atoms with E-state index in [4.69, 9.17) is 0 Å². The Kier molecular flexibility index (Phi) is 6.10. The summed E-state index contributed by atoms with van der Waals surface area (Å²) in [6, 6.07) is 0. The van der Waals surface area contributed by atoms with Crippen LogP contribution in [0.25, 0.3) is 0 Å². The van der Waals surface area contributed by atoms with Gasteiger partial charge in [0.15, 0.2) is 0 Å². The third-order valence-corrected chi connectivity index (χ3v) is 4.62. The molecule has 1 heterocycles. The third-order valence-electron chi connectivity index (χ3n) is 2.84. The fraction of sp³-hybridized carbons (Fsp3) is 1.00. The van der Waals surface area contributed by atoms with Gasteiger partial charge in [-0.05, 0) is 25.6 Å². The van der Waals surface area contributed by atoms with Crippen molar-refractivity contribution in [3.8, 4) is 0 Å². The van der Waals surface area contributed by atoms with Crippen LogP contribution in [0.5, 0.6) is 0 Å². The predicted octanol–water partition coefficient (Wildman–Crippen LogP) is 0.753. The summed E-state index contributed by atoms with van der Waals surface area (Å²) in [6.07, 6.45) is 7.18. The van der Waals surface area contributed by atoms with Gasteiger partial charge in [-0.3, -0.25) is 0 Å². The highest BCUT2D eigenvalue weighted by molar-refractivity contribution is 7.99. The van der Waals surface area contributed by atoms with E-state index in [-0.39, 0.29) is 0 Å². The van der Waals surface area contributed by atoms with Gasteiger partial charge in [-0.2, -0.15) is 11.8 Å². The van der Waals surface area contributed by atoms with Crippen molar-refractivity contribution in [1.82, 2.24) is 9.62 Å². The summed E-state index contributed by atoms with van der Waals surface area (Å²) in [5.41, 5.74) is 0. The molecule has 0 aliphatic carbocycles. The van der Waals surface area contributed by atoms with Gasteiger partial charge in [0.1, 0.15) is 0 Å². The van der Waals surface area contributed by atoms with Crippen molar-refractivity contribution in [1.29, 1.82) is 0 Å². The zero-order valence-corrected chi connectivity index (χ0v) is 11.7. The van der Waals surface area contributed by atoms with Crippen molar-refractivity contribution < 1.29 is 8.42 Å². The van der Waals surface area contributed by atoms with Crippen LogP contribution >= 0.6 is 11.8 Å². The number of thioether (sulfide) groups is 1. The molecule has 1 fully saturated rings. The van der Waals surface area contributed by atoms with Crippen LogP contribution in [0.15, 0.2) is 0 Å². The molecular weight excluding hydrogens is 244 g/mol. The van der Waals surface area contributed by atoms with E-state index in [1.807, 2.05) is 11.8 Å². The maximum atomic E-state index is 10.9. The number of likely N-dealkylation sites (tertiary alicyclic amines) is 1. The number of sulfonamides is 1. The molecule has 1 aliphatic heterocycles. The second-order valence-electron chi connectivity index (χ2n) is 4.32. The molecule has 0 bridgehead atoms. The highest BCUT2D eigenvalue weighted by atomic mass is 32.2. The summed E-state index contributed by atoms with van der Waals surface area (Å²) >= 11 is 1.92. The zero-order chi connectivity index (χ0) is 12.0. The fourth-order valence-electron chi connectivity index (χ4n) is 1.96. The minimum Gasteiger partial charge on any atom is -0.301 e. The molecule has 1 saturated heterocycles. The Bertz CT molecular complexity index is 293. The molecule has 0 aromatic carbocycles. The van der Waals surface area contributed by atoms with Crippen LogP contribution in [0.4, 0.5) is 0 Å². The average molecular weight is 266 g/mol. The minimum absolute atomic E-state index is 0.528. The molecule has 1 N–H and O–H groups in total. The second kappa shape index (κ2) is 6.83. The molecule has 4 nitrogen and oxygen atoms in total. The highest BCUT2D eigenvalue weighted by Gasteiger charge is 2.16.